The van der Waals surface area contributed by atoms with Crippen molar-refractivity contribution in [3.63, 3.8) is 0 Å². The van der Waals surface area contributed by atoms with Crippen molar-refractivity contribution in [3.8, 4) is 0 Å². The van der Waals surface area contributed by atoms with Gasteiger partial charge in [0.1, 0.15) is 0 Å². The van der Waals surface area contributed by atoms with E-state index in [1.165, 1.54) is 11.3 Å². The molecule has 2 rings (SSSR count). The molecule has 1 aromatic carbocycles. The third kappa shape index (κ3) is 4.05. The van der Waals surface area contributed by atoms with Gasteiger partial charge in [-0.3, -0.25) is 9.69 Å². The lowest BCUT2D eigenvalue weighted by atomic mass is 10.3. The summed E-state index contributed by atoms with van der Waals surface area (Å²) >= 11 is 8.52. The summed E-state index contributed by atoms with van der Waals surface area (Å²) in [6.07, 6.45) is 0. The number of hydrogen-bond acceptors (Lipinski definition) is 4. The normalized spacial score (nSPS) is 10.5. The van der Waals surface area contributed by atoms with Crippen LogP contribution in [0.3, 0.4) is 0 Å². The van der Waals surface area contributed by atoms with Crippen LogP contribution in [-0.4, -0.2) is 17.4 Å². The molecular weight excluding hydrogens is 418 g/mol. The van der Waals surface area contributed by atoms with Gasteiger partial charge in [0.2, 0.25) is 5.91 Å². The molecule has 0 bridgehead atoms. The summed E-state index contributed by atoms with van der Waals surface area (Å²) < 4.78 is 1.98. The van der Waals surface area contributed by atoms with E-state index in [0.717, 1.165) is 25.5 Å². The van der Waals surface area contributed by atoms with Gasteiger partial charge in [-0.2, -0.15) is 0 Å². The molecule has 1 N–H and O–H groups in total. The fourth-order valence-corrected chi connectivity index (χ4v) is 4.05. The average Bonchev–Trinajstić information content (AvgIpc) is 2.87. The van der Waals surface area contributed by atoms with Crippen molar-refractivity contribution in [2.45, 2.75) is 20.4 Å². The second-order valence-electron chi connectivity index (χ2n) is 4.33. The maximum atomic E-state index is 11.5. The number of carbonyl (C=O) groups excluding carboxylic acids is 1. The quantitative estimate of drug-likeness (QED) is 0.747. The minimum absolute atomic E-state index is 0.0138. The molecule has 0 aliphatic rings. The third-order valence-electron chi connectivity index (χ3n) is 2.88. The van der Waals surface area contributed by atoms with Gasteiger partial charge < -0.3 is 5.32 Å². The zero-order valence-corrected chi connectivity index (χ0v) is 15.7. The van der Waals surface area contributed by atoms with Crippen LogP contribution in [0.2, 0.25) is 0 Å². The monoisotopic (exact) mass is 431 g/mol. The Morgan fingerprint density at radius 2 is 2.05 bits per heavy atom. The second-order valence-corrected chi connectivity index (χ2v) is 6.88. The van der Waals surface area contributed by atoms with Crippen molar-refractivity contribution in [2.75, 3.05) is 16.8 Å². The van der Waals surface area contributed by atoms with Crippen LogP contribution in [0.15, 0.2) is 32.5 Å². The van der Waals surface area contributed by atoms with Crippen molar-refractivity contribution >= 4 is 59.9 Å². The Morgan fingerprint density at radius 3 is 2.62 bits per heavy atom. The lowest BCUT2D eigenvalue weighted by molar-refractivity contribution is -0.116. The highest BCUT2D eigenvalue weighted by atomic mass is 79.9. The number of benzene rings is 1. The van der Waals surface area contributed by atoms with E-state index in [9.17, 15) is 4.79 Å². The maximum Gasteiger partial charge on any atom is 0.225 e. The zero-order chi connectivity index (χ0) is 15.4. The van der Waals surface area contributed by atoms with E-state index in [-0.39, 0.29) is 5.91 Å². The first-order valence-electron chi connectivity index (χ1n) is 6.43. The summed E-state index contributed by atoms with van der Waals surface area (Å²) in [6.45, 7) is 4.73. The predicted molar refractivity (Wildman–Crippen MR) is 95.0 cm³/mol. The summed E-state index contributed by atoms with van der Waals surface area (Å²) in [6, 6.07) is 5.93. The van der Waals surface area contributed by atoms with Crippen LogP contribution in [-0.2, 0) is 11.3 Å². The largest absolute Gasteiger partial charge is 0.378 e. The molecule has 112 valence electrons. The number of anilines is 2. The van der Waals surface area contributed by atoms with E-state index >= 15 is 0 Å². The number of rotatable bonds is 5. The Kier molecular flexibility index (Phi) is 5.78. The fourth-order valence-electron chi connectivity index (χ4n) is 1.84. The molecule has 0 fully saturated rings. The number of nitrogens with zero attached hydrogens (tertiary/aromatic N) is 2. The minimum atomic E-state index is 0.0138. The number of aromatic nitrogens is 1. The fraction of sp³-hybridized carbons (Fsp3) is 0.286. The molecular formula is C14H15Br2N3OS. The van der Waals surface area contributed by atoms with E-state index in [0.29, 0.717) is 13.1 Å². The number of halogens is 2. The van der Waals surface area contributed by atoms with Crippen molar-refractivity contribution in [2.24, 2.45) is 0 Å². The van der Waals surface area contributed by atoms with Crippen LogP contribution in [0.1, 0.15) is 19.5 Å². The van der Waals surface area contributed by atoms with Gasteiger partial charge in [0.05, 0.1) is 17.9 Å². The standard InChI is InChI=1S/C14H15Br2N3OS/c1-3-19(9(2)20)14-18-10(8-21-14)7-17-13-11(15)5-4-6-12(13)16/h4-6,8,17H,3,7H2,1-2H3. The first-order valence-corrected chi connectivity index (χ1v) is 8.90. The predicted octanol–water partition coefficient (Wildman–Crippen LogP) is 4.65. The first-order chi connectivity index (χ1) is 10.0. The van der Waals surface area contributed by atoms with Gasteiger partial charge in [-0.15, -0.1) is 11.3 Å². The van der Waals surface area contributed by atoms with Gasteiger partial charge in [-0.05, 0) is 50.9 Å². The summed E-state index contributed by atoms with van der Waals surface area (Å²) in [4.78, 5) is 17.7. The topological polar surface area (TPSA) is 45.2 Å². The molecule has 7 heteroatoms. The van der Waals surface area contributed by atoms with Crippen LogP contribution < -0.4 is 10.2 Å². The van der Waals surface area contributed by atoms with Gasteiger partial charge in [-0.25, -0.2) is 4.98 Å². The Morgan fingerprint density at radius 1 is 1.38 bits per heavy atom. The molecule has 0 saturated carbocycles. The van der Waals surface area contributed by atoms with Crippen LogP contribution in [0.5, 0.6) is 0 Å². The maximum absolute atomic E-state index is 11.5. The van der Waals surface area contributed by atoms with Gasteiger partial charge in [0.25, 0.3) is 0 Å². The van der Waals surface area contributed by atoms with Crippen LogP contribution in [0, 0.1) is 0 Å². The minimum Gasteiger partial charge on any atom is -0.378 e. The van der Waals surface area contributed by atoms with Crippen LogP contribution >= 0.6 is 43.2 Å². The number of amides is 1. The molecule has 0 radical (unpaired) electrons. The lowest BCUT2D eigenvalue weighted by Crippen LogP contribution is -2.27. The molecule has 0 atom stereocenters. The molecule has 0 unspecified atom stereocenters. The van der Waals surface area contributed by atoms with E-state index in [4.69, 9.17) is 0 Å². The Bertz CT molecular complexity index is 625. The number of nitrogens with one attached hydrogen (secondary N) is 1. The van der Waals surface area contributed by atoms with Crippen molar-refractivity contribution < 1.29 is 4.79 Å². The molecule has 0 saturated heterocycles. The van der Waals surface area contributed by atoms with Gasteiger partial charge in [-0.1, -0.05) is 6.07 Å². The highest BCUT2D eigenvalue weighted by molar-refractivity contribution is 9.11. The molecule has 4 nitrogen and oxygen atoms in total. The van der Waals surface area contributed by atoms with Gasteiger partial charge in [0.15, 0.2) is 5.13 Å². The summed E-state index contributed by atoms with van der Waals surface area (Å²) in [5.41, 5.74) is 1.91. The number of hydrogen-bond donors (Lipinski definition) is 1. The van der Waals surface area contributed by atoms with E-state index in [1.54, 1.807) is 11.8 Å². The number of para-hydroxylation sites is 1. The smallest absolute Gasteiger partial charge is 0.225 e. The molecule has 21 heavy (non-hydrogen) atoms. The molecule has 1 aromatic heterocycles. The molecule has 2 aromatic rings. The van der Waals surface area contributed by atoms with E-state index in [2.05, 4.69) is 42.2 Å². The summed E-state index contributed by atoms with van der Waals surface area (Å²) in [5, 5.41) is 6.06. The molecule has 0 aliphatic heterocycles. The van der Waals surface area contributed by atoms with Crippen LogP contribution in [0.4, 0.5) is 10.8 Å². The Balaban J connectivity index is 2.08. The van der Waals surface area contributed by atoms with Gasteiger partial charge >= 0.3 is 0 Å². The average molecular weight is 433 g/mol. The van der Waals surface area contributed by atoms with Crippen LogP contribution in [0.25, 0.3) is 0 Å². The van der Waals surface area contributed by atoms with Crippen molar-refractivity contribution in [3.05, 3.63) is 38.2 Å². The SMILES string of the molecule is CCN(C(C)=O)c1nc(CNc2c(Br)cccc2Br)cs1. The third-order valence-corrected chi connectivity index (χ3v) is 5.11. The lowest BCUT2D eigenvalue weighted by Gasteiger charge is -2.14. The second kappa shape index (κ2) is 7.38. The highest BCUT2D eigenvalue weighted by Gasteiger charge is 2.13. The molecule has 0 aliphatic carbocycles. The zero-order valence-electron chi connectivity index (χ0n) is 11.7. The number of thiazole rings is 1. The number of carbonyl (C=O) groups is 1. The van der Waals surface area contributed by atoms with E-state index < -0.39 is 0 Å². The highest BCUT2D eigenvalue weighted by Crippen LogP contribution is 2.31. The van der Waals surface area contributed by atoms with Crippen molar-refractivity contribution in [1.82, 2.24) is 4.98 Å². The molecule has 1 amide bonds. The van der Waals surface area contributed by atoms with Crippen molar-refractivity contribution in [1.29, 1.82) is 0 Å². The molecule has 0 spiro atoms. The molecule has 1 heterocycles. The summed E-state index contributed by atoms with van der Waals surface area (Å²) in [5.74, 6) is 0.0138. The van der Waals surface area contributed by atoms with Gasteiger partial charge in [0, 0.05) is 27.8 Å². The summed E-state index contributed by atoms with van der Waals surface area (Å²) in [7, 11) is 0. The first kappa shape index (κ1) is 16.5. The Labute approximate surface area is 144 Å². The Hall–Kier alpha value is -0.920. The van der Waals surface area contributed by atoms with E-state index in [1.807, 2.05) is 30.5 Å².